The highest BCUT2D eigenvalue weighted by atomic mass is 79.9. The van der Waals surface area contributed by atoms with Crippen LogP contribution < -0.4 is 4.74 Å². The first kappa shape index (κ1) is 14.3. The Bertz CT molecular complexity index is 617. The first-order valence-corrected chi connectivity index (χ1v) is 8.96. The number of hydrogen-bond donors (Lipinski definition) is 0. The summed E-state index contributed by atoms with van der Waals surface area (Å²) >= 11 is 11.6. The Kier molecular flexibility index (Phi) is 4.59. The Balaban J connectivity index is 1.74. The average molecular weight is 370 g/mol. The fraction of sp³-hybridized carbons (Fsp3) is 0.250. The van der Waals surface area contributed by atoms with Gasteiger partial charge in [-0.15, -0.1) is 11.8 Å². The van der Waals surface area contributed by atoms with Crippen LogP contribution in [-0.2, 0) is 5.33 Å². The summed E-state index contributed by atoms with van der Waals surface area (Å²) in [5, 5.41) is 1.46. The lowest BCUT2D eigenvalue weighted by atomic mass is 10.0. The van der Waals surface area contributed by atoms with Gasteiger partial charge >= 0.3 is 0 Å². The maximum Gasteiger partial charge on any atom is 0.124 e. The van der Waals surface area contributed by atoms with Crippen molar-refractivity contribution in [3.05, 3.63) is 58.6 Å². The van der Waals surface area contributed by atoms with Crippen molar-refractivity contribution in [2.45, 2.75) is 16.1 Å². The first-order chi connectivity index (χ1) is 9.79. The van der Waals surface area contributed by atoms with E-state index in [1.54, 1.807) is 0 Å². The summed E-state index contributed by atoms with van der Waals surface area (Å²) in [5.74, 6) is 2.42. The SMILES string of the molecule is Clc1cccc(OCC2CSc3ccccc32)c1CBr. The van der Waals surface area contributed by atoms with Gasteiger partial charge in [-0.05, 0) is 23.8 Å². The molecule has 1 unspecified atom stereocenters. The number of ether oxygens (including phenoxy) is 1. The van der Waals surface area contributed by atoms with Crippen LogP contribution >= 0.6 is 39.3 Å². The van der Waals surface area contributed by atoms with Gasteiger partial charge in [-0.1, -0.05) is 51.8 Å². The van der Waals surface area contributed by atoms with Gasteiger partial charge in [0.25, 0.3) is 0 Å². The van der Waals surface area contributed by atoms with Gasteiger partial charge in [0.2, 0.25) is 0 Å². The topological polar surface area (TPSA) is 9.23 Å². The van der Waals surface area contributed by atoms with Gasteiger partial charge < -0.3 is 4.74 Å². The van der Waals surface area contributed by atoms with E-state index in [2.05, 4.69) is 40.2 Å². The molecule has 1 aliphatic rings. The summed E-state index contributed by atoms with van der Waals surface area (Å²) in [6, 6.07) is 14.4. The third-order valence-corrected chi connectivity index (χ3v) is 5.62. The van der Waals surface area contributed by atoms with Gasteiger partial charge in [-0.3, -0.25) is 0 Å². The van der Waals surface area contributed by atoms with Crippen LogP contribution in [0, 0.1) is 0 Å². The number of alkyl halides is 1. The van der Waals surface area contributed by atoms with E-state index in [1.165, 1.54) is 10.5 Å². The fourth-order valence-corrected chi connectivity index (χ4v) is 4.57. The van der Waals surface area contributed by atoms with Crippen LogP contribution in [0.2, 0.25) is 5.02 Å². The number of rotatable bonds is 4. The molecule has 3 rings (SSSR count). The third-order valence-electron chi connectivity index (χ3n) is 3.45. The lowest BCUT2D eigenvalue weighted by Crippen LogP contribution is -2.10. The number of fused-ring (bicyclic) bond motifs is 1. The summed E-state index contributed by atoms with van der Waals surface area (Å²) in [4.78, 5) is 1.38. The molecule has 2 aromatic carbocycles. The fourth-order valence-electron chi connectivity index (χ4n) is 2.36. The molecule has 0 aromatic heterocycles. The normalized spacial score (nSPS) is 17.0. The van der Waals surface area contributed by atoms with Crippen LogP contribution in [0.3, 0.4) is 0 Å². The highest BCUT2D eigenvalue weighted by molar-refractivity contribution is 9.08. The Morgan fingerprint density at radius 2 is 2.05 bits per heavy atom. The standard InChI is InChI=1S/C16H14BrClOS/c17-8-13-14(18)5-3-6-15(13)19-9-11-10-20-16-7-2-1-4-12(11)16/h1-7,11H,8-10H2. The van der Waals surface area contributed by atoms with Crippen molar-refractivity contribution in [3.63, 3.8) is 0 Å². The van der Waals surface area contributed by atoms with Gasteiger partial charge in [-0.2, -0.15) is 0 Å². The zero-order valence-corrected chi connectivity index (χ0v) is 14.0. The summed E-state index contributed by atoms with van der Waals surface area (Å²) in [6.07, 6.45) is 0. The van der Waals surface area contributed by atoms with E-state index in [-0.39, 0.29) is 0 Å². The lowest BCUT2D eigenvalue weighted by Gasteiger charge is -2.15. The van der Waals surface area contributed by atoms with Gasteiger partial charge in [0.15, 0.2) is 0 Å². The van der Waals surface area contributed by atoms with E-state index in [0.717, 1.165) is 22.1 Å². The van der Waals surface area contributed by atoms with E-state index >= 15 is 0 Å². The van der Waals surface area contributed by atoms with Crippen LogP contribution in [0.15, 0.2) is 47.4 Å². The van der Waals surface area contributed by atoms with Crippen LogP contribution in [0.1, 0.15) is 17.0 Å². The van der Waals surface area contributed by atoms with E-state index in [9.17, 15) is 0 Å². The van der Waals surface area contributed by atoms with E-state index < -0.39 is 0 Å². The average Bonchev–Trinajstić information content (AvgIpc) is 2.88. The zero-order valence-electron chi connectivity index (χ0n) is 10.8. The Morgan fingerprint density at radius 1 is 1.20 bits per heavy atom. The highest BCUT2D eigenvalue weighted by Crippen LogP contribution is 2.40. The molecule has 104 valence electrons. The highest BCUT2D eigenvalue weighted by Gasteiger charge is 2.23. The molecule has 1 heterocycles. The minimum absolute atomic E-state index is 0.457. The predicted molar refractivity (Wildman–Crippen MR) is 89.5 cm³/mol. The largest absolute Gasteiger partial charge is 0.493 e. The predicted octanol–water partition coefficient (Wildman–Crippen LogP) is 5.50. The minimum Gasteiger partial charge on any atom is -0.493 e. The molecule has 0 radical (unpaired) electrons. The molecule has 1 atom stereocenters. The Hall–Kier alpha value is -0.640. The monoisotopic (exact) mass is 368 g/mol. The van der Waals surface area contributed by atoms with Crippen molar-refractivity contribution < 1.29 is 4.74 Å². The van der Waals surface area contributed by atoms with E-state index in [0.29, 0.717) is 17.9 Å². The molecular formula is C16H14BrClOS. The zero-order chi connectivity index (χ0) is 13.9. The number of halogens is 2. The number of hydrogen-bond acceptors (Lipinski definition) is 2. The molecule has 0 aliphatic carbocycles. The van der Waals surface area contributed by atoms with Crippen molar-refractivity contribution in [3.8, 4) is 5.75 Å². The Labute approximate surface area is 136 Å². The molecule has 20 heavy (non-hydrogen) atoms. The van der Waals surface area contributed by atoms with Crippen molar-refractivity contribution in [2.75, 3.05) is 12.4 Å². The summed E-state index contributed by atoms with van der Waals surface area (Å²) in [5.41, 5.74) is 2.42. The first-order valence-electron chi connectivity index (χ1n) is 6.47. The lowest BCUT2D eigenvalue weighted by molar-refractivity contribution is 0.296. The molecule has 0 amide bonds. The second kappa shape index (κ2) is 6.42. The third kappa shape index (κ3) is 2.85. The van der Waals surface area contributed by atoms with Crippen LogP contribution in [-0.4, -0.2) is 12.4 Å². The quantitative estimate of drug-likeness (QED) is 0.658. The smallest absolute Gasteiger partial charge is 0.124 e. The van der Waals surface area contributed by atoms with Gasteiger partial charge in [0, 0.05) is 32.5 Å². The molecular weight excluding hydrogens is 356 g/mol. The van der Waals surface area contributed by atoms with Gasteiger partial charge in [-0.25, -0.2) is 0 Å². The van der Waals surface area contributed by atoms with E-state index in [4.69, 9.17) is 16.3 Å². The molecule has 0 spiro atoms. The minimum atomic E-state index is 0.457. The second-order valence-electron chi connectivity index (χ2n) is 4.71. The van der Waals surface area contributed by atoms with Crippen molar-refractivity contribution in [2.24, 2.45) is 0 Å². The molecule has 0 bridgehead atoms. The second-order valence-corrected chi connectivity index (χ2v) is 6.74. The number of thioether (sulfide) groups is 1. The maximum absolute atomic E-state index is 6.19. The molecule has 0 N–H and O–H groups in total. The molecule has 4 heteroatoms. The van der Waals surface area contributed by atoms with Gasteiger partial charge in [0.1, 0.15) is 5.75 Å². The molecule has 0 saturated heterocycles. The molecule has 1 nitrogen and oxygen atoms in total. The van der Waals surface area contributed by atoms with Crippen LogP contribution in [0.25, 0.3) is 0 Å². The van der Waals surface area contributed by atoms with Crippen molar-refractivity contribution >= 4 is 39.3 Å². The summed E-state index contributed by atoms with van der Waals surface area (Å²) in [6.45, 7) is 0.699. The summed E-state index contributed by atoms with van der Waals surface area (Å²) < 4.78 is 6.02. The summed E-state index contributed by atoms with van der Waals surface area (Å²) in [7, 11) is 0. The molecule has 0 saturated carbocycles. The van der Waals surface area contributed by atoms with Crippen LogP contribution in [0.5, 0.6) is 5.75 Å². The maximum atomic E-state index is 6.19. The van der Waals surface area contributed by atoms with E-state index in [1.807, 2.05) is 30.0 Å². The van der Waals surface area contributed by atoms with Gasteiger partial charge in [0.05, 0.1) is 6.61 Å². The molecule has 0 fully saturated rings. The Morgan fingerprint density at radius 3 is 2.90 bits per heavy atom. The molecule has 2 aromatic rings. The molecule has 1 aliphatic heterocycles. The van der Waals surface area contributed by atoms with Crippen molar-refractivity contribution in [1.29, 1.82) is 0 Å². The van der Waals surface area contributed by atoms with Crippen molar-refractivity contribution in [1.82, 2.24) is 0 Å². The van der Waals surface area contributed by atoms with Crippen LogP contribution in [0.4, 0.5) is 0 Å². The number of benzene rings is 2.